The Bertz CT molecular complexity index is 270. The third-order valence-corrected chi connectivity index (χ3v) is 2.51. The molecule has 0 heterocycles. The SMILES string of the molecule is CC(C=O)Cc1ccccc1Br. The molecule has 0 fully saturated rings. The predicted molar refractivity (Wildman–Crippen MR) is 53.1 cm³/mol. The van der Waals surface area contributed by atoms with E-state index in [0.717, 1.165) is 17.2 Å². The number of aldehydes is 1. The first kappa shape index (κ1) is 9.46. The molecule has 0 spiro atoms. The zero-order valence-electron chi connectivity index (χ0n) is 6.96. The Hall–Kier alpha value is -0.630. The van der Waals surface area contributed by atoms with Crippen LogP contribution in [0, 0.1) is 5.92 Å². The Kier molecular flexibility index (Phi) is 3.48. The van der Waals surface area contributed by atoms with Crippen LogP contribution in [-0.4, -0.2) is 6.29 Å². The highest BCUT2D eigenvalue weighted by atomic mass is 79.9. The number of carbonyl (C=O) groups excluding carboxylic acids is 1. The fourth-order valence-corrected chi connectivity index (χ4v) is 1.51. The lowest BCUT2D eigenvalue weighted by Crippen LogP contribution is -2.00. The van der Waals surface area contributed by atoms with Crippen LogP contribution in [0.15, 0.2) is 28.7 Å². The van der Waals surface area contributed by atoms with E-state index in [0.29, 0.717) is 0 Å². The third-order valence-electron chi connectivity index (χ3n) is 1.73. The molecular weight excluding hydrogens is 216 g/mol. The zero-order chi connectivity index (χ0) is 8.97. The van der Waals surface area contributed by atoms with Crippen LogP contribution in [0.25, 0.3) is 0 Å². The molecule has 0 saturated carbocycles. The monoisotopic (exact) mass is 226 g/mol. The average molecular weight is 227 g/mol. The van der Waals surface area contributed by atoms with Gasteiger partial charge in [-0.3, -0.25) is 0 Å². The van der Waals surface area contributed by atoms with Crippen LogP contribution in [0.3, 0.4) is 0 Å². The minimum Gasteiger partial charge on any atom is -0.303 e. The smallest absolute Gasteiger partial charge is 0.123 e. The molecule has 1 atom stereocenters. The van der Waals surface area contributed by atoms with Gasteiger partial charge in [0.25, 0.3) is 0 Å². The average Bonchev–Trinajstić information content (AvgIpc) is 2.09. The van der Waals surface area contributed by atoms with Crippen LogP contribution in [0.5, 0.6) is 0 Å². The van der Waals surface area contributed by atoms with Gasteiger partial charge in [0.05, 0.1) is 0 Å². The summed E-state index contributed by atoms with van der Waals surface area (Å²) in [7, 11) is 0. The van der Waals surface area contributed by atoms with E-state index in [-0.39, 0.29) is 5.92 Å². The molecule has 0 saturated heterocycles. The Balaban J connectivity index is 2.75. The van der Waals surface area contributed by atoms with E-state index in [1.54, 1.807) is 0 Å². The Labute approximate surface area is 80.9 Å². The molecule has 1 aromatic carbocycles. The molecule has 0 aliphatic carbocycles. The van der Waals surface area contributed by atoms with Crippen molar-refractivity contribution in [3.63, 3.8) is 0 Å². The summed E-state index contributed by atoms with van der Waals surface area (Å²) in [6.45, 7) is 1.92. The van der Waals surface area contributed by atoms with Gasteiger partial charge in [-0.25, -0.2) is 0 Å². The highest BCUT2D eigenvalue weighted by molar-refractivity contribution is 9.10. The molecule has 64 valence electrons. The second-order valence-corrected chi connectivity index (χ2v) is 3.76. The maximum Gasteiger partial charge on any atom is 0.123 e. The predicted octanol–water partition coefficient (Wildman–Crippen LogP) is 2.83. The summed E-state index contributed by atoms with van der Waals surface area (Å²) in [4.78, 5) is 10.4. The van der Waals surface area contributed by atoms with Crippen molar-refractivity contribution >= 4 is 22.2 Å². The van der Waals surface area contributed by atoms with Crippen LogP contribution >= 0.6 is 15.9 Å². The first-order valence-corrected chi connectivity index (χ1v) is 4.72. The van der Waals surface area contributed by atoms with Crippen molar-refractivity contribution in [1.82, 2.24) is 0 Å². The van der Waals surface area contributed by atoms with Gasteiger partial charge in [0.15, 0.2) is 0 Å². The van der Waals surface area contributed by atoms with Crippen LogP contribution in [0.2, 0.25) is 0 Å². The minimum absolute atomic E-state index is 0.101. The van der Waals surface area contributed by atoms with Gasteiger partial charge in [-0.2, -0.15) is 0 Å². The molecule has 1 unspecified atom stereocenters. The number of benzene rings is 1. The summed E-state index contributed by atoms with van der Waals surface area (Å²) in [5.41, 5.74) is 1.19. The maximum absolute atomic E-state index is 10.4. The number of hydrogen-bond donors (Lipinski definition) is 0. The van der Waals surface area contributed by atoms with E-state index in [4.69, 9.17) is 0 Å². The first-order chi connectivity index (χ1) is 5.74. The van der Waals surface area contributed by atoms with Gasteiger partial charge in [-0.1, -0.05) is 41.1 Å². The van der Waals surface area contributed by atoms with Gasteiger partial charge in [0.1, 0.15) is 6.29 Å². The topological polar surface area (TPSA) is 17.1 Å². The standard InChI is InChI=1S/C10H11BrO/c1-8(7-12)6-9-4-2-3-5-10(9)11/h2-5,7-8H,6H2,1H3. The highest BCUT2D eigenvalue weighted by Crippen LogP contribution is 2.18. The zero-order valence-corrected chi connectivity index (χ0v) is 8.54. The van der Waals surface area contributed by atoms with Gasteiger partial charge in [-0.05, 0) is 18.1 Å². The number of rotatable bonds is 3. The molecule has 2 heteroatoms. The fourth-order valence-electron chi connectivity index (χ4n) is 1.06. The van der Waals surface area contributed by atoms with Crippen LogP contribution < -0.4 is 0 Å². The largest absolute Gasteiger partial charge is 0.303 e. The lowest BCUT2D eigenvalue weighted by Gasteiger charge is -2.05. The summed E-state index contributed by atoms with van der Waals surface area (Å²) < 4.78 is 1.08. The van der Waals surface area contributed by atoms with Gasteiger partial charge in [0, 0.05) is 10.4 Å². The molecule has 0 aliphatic heterocycles. The molecule has 0 radical (unpaired) electrons. The van der Waals surface area contributed by atoms with Crippen molar-refractivity contribution in [3.05, 3.63) is 34.3 Å². The van der Waals surface area contributed by atoms with Crippen LogP contribution in [-0.2, 0) is 11.2 Å². The second-order valence-electron chi connectivity index (χ2n) is 2.91. The lowest BCUT2D eigenvalue weighted by molar-refractivity contribution is -0.110. The molecular formula is C10H11BrO. The van der Waals surface area contributed by atoms with Crippen molar-refractivity contribution in [3.8, 4) is 0 Å². The summed E-state index contributed by atoms with van der Waals surface area (Å²) in [6.07, 6.45) is 1.80. The quantitative estimate of drug-likeness (QED) is 0.725. The van der Waals surface area contributed by atoms with E-state index in [9.17, 15) is 4.79 Å². The Morgan fingerprint density at radius 1 is 1.50 bits per heavy atom. The van der Waals surface area contributed by atoms with E-state index in [1.807, 2.05) is 31.2 Å². The maximum atomic E-state index is 10.4. The molecule has 0 aliphatic rings. The molecule has 0 amide bonds. The normalized spacial score (nSPS) is 12.5. The van der Waals surface area contributed by atoms with E-state index in [2.05, 4.69) is 15.9 Å². The van der Waals surface area contributed by atoms with Crippen molar-refractivity contribution in [2.75, 3.05) is 0 Å². The van der Waals surface area contributed by atoms with Crippen molar-refractivity contribution in [1.29, 1.82) is 0 Å². The molecule has 1 aromatic rings. The summed E-state index contributed by atoms with van der Waals surface area (Å²) in [5, 5.41) is 0. The summed E-state index contributed by atoms with van der Waals surface area (Å²) >= 11 is 3.44. The minimum atomic E-state index is 0.101. The number of halogens is 1. The Morgan fingerprint density at radius 2 is 2.17 bits per heavy atom. The van der Waals surface area contributed by atoms with Crippen LogP contribution in [0.1, 0.15) is 12.5 Å². The summed E-state index contributed by atoms with van der Waals surface area (Å²) in [6, 6.07) is 7.98. The molecule has 0 N–H and O–H groups in total. The van der Waals surface area contributed by atoms with Crippen molar-refractivity contribution in [2.45, 2.75) is 13.3 Å². The molecule has 0 aromatic heterocycles. The van der Waals surface area contributed by atoms with E-state index < -0.39 is 0 Å². The summed E-state index contributed by atoms with van der Waals surface area (Å²) in [5.74, 6) is 0.101. The van der Waals surface area contributed by atoms with Crippen LogP contribution in [0.4, 0.5) is 0 Å². The van der Waals surface area contributed by atoms with Crippen molar-refractivity contribution in [2.24, 2.45) is 5.92 Å². The van der Waals surface area contributed by atoms with Gasteiger partial charge in [0.2, 0.25) is 0 Å². The molecule has 12 heavy (non-hydrogen) atoms. The van der Waals surface area contributed by atoms with Gasteiger partial charge < -0.3 is 4.79 Å². The molecule has 1 nitrogen and oxygen atoms in total. The highest BCUT2D eigenvalue weighted by Gasteiger charge is 2.03. The Morgan fingerprint density at radius 3 is 2.75 bits per heavy atom. The second kappa shape index (κ2) is 4.41. The first-order valence-electron chi connectivity index (χ1n) is 3.92. The van der Waals surface area contributed by atoms with Gasteiger partial charge >= 0.3 is 0 Å². The lowest BCUT2D eigenvalue weighted by atomic mass is 10.0. The third kappa shape index (κ3) is 2.45. The molecule has 1 rings (SSSR count). The fraction of sp³-hybridized carbons (Fsp3) is 0.300. The molecule has 0 bridgehead atoms. The van der Waals surface area contributed by atoms with Crippen molar-refractivity contribution < 1.29 is 4.79 Å². The number of carbonyl (C=O) groups is 1. The number of hydrogen-bond acceptors (Lipinski definition) is 1. The van der Waals surface area contributed by atoms with E-state index in [1.165, 1.54) is 5.56 Å². The van der Waals surface area contributed by atoms with E-state index >= 15 is 0 Å². The van der Waals surface area contributed by atoms with Gasteiger partial charge in [-0.15, -0.1) is 0 Å².